The first-order valence-corrected chi connectivity index (χ1v) is 7.57. The summed E-state index contributed by atoms with van der Waals surface area (Å²) in [4.78, 5) is 36.8. The van der Waals surface area contributed by atoms with Crippen molar-refractivity contribution in [3.05, 3.63) is 48.6 Å². The molecule has 6 heteroatoms. The molecule has 0 aliphatic heterocycles. The SMILES string of the molecule is CCO[C]C(C)N(C(=O)NC)C([C]=O)C(=O)C=Cc1ccccc1. The summed E-state index contributed by atoms with van der Waals surface area (Å²) in [6.45, 7) is 6.33. The molecule has 2 unspecified atom stereocenters. The number of hydrogen-bond donors (Lipinski definition) is 1. The maximum absolute atomic E-state index is 12.3. The van der Waals surface area contributed by atoms with Gasteiger partial charge in [0.05, 0.1) is 6.04 Å². The fourth-order valence-electron chi connectivity index (χ4n) is 1.99. The quantitative estimate of drug-likeness (QED) is 0.554. The maximum Gasteiger partial charge on any atom is 0.318 e. The van der Waals surface area contributed by atoms with Crippen LogP contribution in [0.25, 0.3) is 6.08 Å². The molecule has 1 aromatic carbocycles. The predicted molar refractivity (Wildman–Crippen MR) is 90.6 cm³/mol. The summed E-state index contributed by atoms with van der Waals surface area (Å²) in [6, 6.07) is 6.48. The molecule has 0 fully saturated rings. The van der Waals surface area contributed by atoms with E-state index < -0.39 is 23.9 Å². The minimum absolute atomic E-state index is 0.364. The number of rotatable bonds is 9. The van der Waals surface area contributed by atoms with Crippen molar-refractivity contribution in [1.29, 1.82) is 0 Å². The molecule has 1 aromatic rings. The Labute approximate surface area is 142 Å². The molecule has 0 aliphatic rings. The number of hydrogen-bond acceptors (Lipinski definition) is 4. The molecule has 0 heterocycles. The average molecular weight is 329 g/mol. The summed E-state index contributed by atoms with van der Waals surface area (Å²) >= 11 is 0. The lowest BCUT2D eigenvalue weighted by Crippen LogP contribution is -2.53. The standard InChI is InChI=1S/C18H21N2O4/c1-4-24-13-14(2)20(18(23)19-3)16(12-21)17(22)11-10-15-8-6-5-7-9-15/h5-11,14,16H,4H2,1-3H3,(H,19,23). The zero-order valence-corrected chi connectivity index (χ0v) is 14.0. The summed E-state index contributed by atoms with van der Waals surface area (Å²) in [6.07, 6.45) is 4.47. The van der Waals surface area contributed by atoms with Gasteiger partial charge in [-0.1, -0.05) is 36.4 Å². The van der Waals surface area contributed by atoms with Gasteiger partial charge in [-0.3, -0.25) is 9.59 Å². The number of carbonyl (C=O) groups excluding carboxylic acids is 3. The number of amides is 2. The fraction of sp³-hybridized carbons (Fsp3) is 0.333. The molecule has 6 nitrogen and oxygen atoms in total. The van der Waals surface area contributed by atoms with Crippen molar-refractivity contribution in [2.45, 2.75) is 25.9 Å². The number of ketones is 1. The lowest BCUT2D eigenvalue weighted by atomic mass is 10.1. The number of nitrogens with zero attached hydrogens (tertiary/aromatic N) is 1. The minimum Gasteiger partial charge on any atom is -0.367 e. The lowest BCUT2D eigenvalue weighted by Gasteiger charge is -2.30. The average Bonchev–Trinajstić information content (AvgIpc) is 2.62. The summed E-state index contributed by atoms with van der Waals surface area (Å²) < 4.78 is 5.04. The molecule has 127 valence electrons. The third-order valence-corrected chi connectivity index (χ3v) is 3.16. The summed E-state index contributed by atoms with van der Waals surface area (Å²) in [5, 5.41) is 2.40. The highest BCUT2D eigenvalue weighted by Crippen LogP contribution is 2.11. The van der Waals surface area contributed by atoms with E-state index in [0.29, 0.717) is 6.61 Å². The highest BCUT2D eigenvalue weighted by Gasteiger charge is 2.33. The van der Waals surface area contributed by atoms with Gasteiger partial charge in [0.2, 0.25) is 6.29 Å². The Kier molecular flexibility index (Phi) is 8.43. The Balaban J connectivity index is 2.95. The smallest absolute Gasteiger partial charge is 0.318 e. The second-order valence-electron chi connectivity index (χ2n) is 4.86. The van der Waals surface area contributed by atoms with E-state index in [1.54, 1.807) is 26.2 Å². The molecule has 0 aromatic heterocycles. The molecule has 24 heavy (non-hydrogen) atoms. The molecule has 1 rings (SSSR count). The van der Waals surface area contributed by atoms with Crippen LogP contribution >= 0.6 is 0 Å². The monoisotopic (exact) mass is 329 g/mol. The van der Waals surface area contributed by atoms with Gasteiger partial charge in [-0.2, -0.15) is 0 Å². The normalized spacial score (nSPS) is 13.3. The second-order valence-corrected chi connectivity index (χ2v) is 4.86. The van der Waals surface area contributed by atoms with Gasteiger partial charge in [-0.05, 0) is 25.5 Å². The topological polar surface area (TPSA) is 75.7 Å². The third-order valence-electron chi connectivity index (χ3n) is 3.16. The Hall–Kier alpha value is -2.47. The molecular weight excluding hydrogens is 308 g/mol. The van der Waals surface area contributed by atoms with Crippen LogP contribution in [0.15, 0.2) is 36.4 Å². The largest absolute Gasteiger partial charge is 0.367 e. The third kappa shape index (κ3) is 5.62. The van der Waals surface area contributed by atoms with E-state index in [0.717, 1.165) is 10.5 Å². The van der Waals surface area contributed by atoms with Crippen LogP contribution in [-0.4, -0.2) is 48.7 Å². The molecule has 0 saturated carbocycles. The number of carbonyl (C=O) groups is 2. The fourth-order valence-corrected chi connectivity index (χ4v) is 1.99. The summed E-state index contributed by atoms with van der Waals surface area (Å²) in [7, 11) is 1.41. The van der Waals surface area contributed by atoms with E-state index in [1.165, 1.54) is 13.1 Å². The van der Waals surface area contributed by atoms with Gasteiger partial charge in [0.1, 0.15) is 0 Å². The van der Waals surface area contributed by atoms with Crippen LogP contribution in [-0.2, 0) is 14.3 Å². The van der Waals surface area contributed by atoms with Crippen molar-refractivity contribution in [3.8, 4) is 0 Å². The van der Waals surface area contributed by atoms with E-state index >= 15 is 0 Å². The van der Waals surface area contributed by atoms with E-state index in [1.807, 2.05) is 30.3 Å². The Morgan fingerprint density at radius 1 is 1.33 bits per heavy atom. The van der Waals surface area contributed by atoms with Gasteiger partial charge in [0.25, 0.3) is 0 Å². The highest BCUT2D eigenvalue weighted by atomic mass is 16.5. The lowest BCUT2D eigenvalue weighted by molar-refractivity contribution is -0.117. The molecule has 2 amide bonds. The number of benzene rings is 1. The van der Waals surface area contributed by atoms with Gasteiger partial charge in [0.15, 0.2) is 18.4 Å². The van der Waals surface area contributed by atoms with Gasteiger partial charge < -0.3 is 15.0 Å². The van der Waals surface area contributed by atoms with Crippen LogP contribution in [0.3, 0.4) is 0 Å². The van der Waals surface area contributed by atoms with Gasteiger partial charge in [0, 0.05) is 13.7 Å². The number of ether oxygens (including phenoxy) is 1. The van der Waals surface area contributed by atoms with Gasteiger partial charge >= 0.3 is 6.03 Å². The van der Waals surface area contributed by atoms with E-state index in [2.05, 4.69) is 11.9 Å². The Morgan fingerprint density at radius 3 is 2.54 bits per heavy atom. The molecule has 0 aliphatic carbocycles. The van der Waals surface area contributed by atoms with Gasteiger partial charge in [-0.25, -0.2) is 4.79 Å². The Morgan fingerprint density at radius 2 is 2.00 bits per heavy atom. The molecule has 2 atom stereocenters. The zero-order valence-electron chi connectivity index (χ0n) is 14.0. The summed E-state index contributed by atoms with van der Waals surface area (Å²) in [5.41, 5.74) is 0.808. The number of nitrogens with one attached hydrogen (secondary N) is 1. The van der Waals surface area contributed by atoms with Crippen LogP contribution in [0, 0.1) is 6.61 Å². The van der Waals surface area contributed by atoms with Crippen molar-refractivity contribution in [2.75, 3.05) is 13.7 Å². The van der Waals surface area contributed by atoms with Crippen LogP contribution in [0.2, 0.25) is 0 Å². The van der Waals surface area contributed by atoms with Crippen molar-refractivity contribution in [2.24, 2.45) is 0 Å². The zero-order chi connectivity index (χ0) is 17.9. The Bertz CT molecular complexity index is 572. The van der Waals surface area contributed by atoms with Gasteiger partial charge in [-0.15, -0.1) is 0 Å². The van der Waals surface area contributed by atoms with Crippen LogP contribution in [0.5, 0.6) is 0 Å². The van der Waals surface area contributed by atoms with Crippen LogP contribution in [0.1, 0.15) is 19.4 Å². The first-order chi connectivity index (χ1) is 11.5. The van der Waals surface area contributed by atoms with Crippen LogP contribution in [0.4, 0.5) is 4.79 Å². The molecule has 1 N–H and O–H groups in total. The first-order valence-electron chi connectivity index (χ1n) is 7.57. The second kappa shape index (κ2) is 10.3. The van der Waals surface area contributed by atoms with Crippen LogP contribution < -0.4 is 5.32 Å². The first kappa shape index (κ1) is 19.6. The molecule has 0 saturated heterocycles. The molecule has 3 radical (unpaired) electrons. The van der Waals surface area contributed by atoms with E-state index in [-0.39, 0.29) is 0 Å². The molecule has 0 bridgehead atoms. The maximum atomic E-state index is 12.3. The number of urea groups is 1. The predicted octanol–water partition coefficient (Wildman–Crippen LogP) is 1.85. The van der Waals surface area contributed by atoms with Crippen molar-refractivity contribution >= 4 is 24.2 Å². The molecular formula is C18H21N2O4. The summed E-state index contributed by atoms with van der Waals surface area (Å²) in [5.74, 6) is -0.553. The molecule has 0 spiro atoms. The van der Waals surface area contributed by atoms with Crippen molar-refractivity contribution in [3.63, 3.8) is 0 Å². The van der Waals surface area contributed by atoms with E-state index in [9.17, 15) is 14.4 Å². The highest BCUT2D eigenvalue weighted by molar-refractivity contribution is 6.08. The minimum atomic E-state index is -1.38. The van der Waals surface area contributed by atoms with Crippen molar-refractivity contribution in [1.82, 2.24) is 10.2 Å². The van der Waals surface area contributed by atoms with Crippen molar-refractivity contribution < 1.29 is 19.1 Å². The van der Waals surface area contributed by atoms with E-state index in [4.69, 9.17) is 4.74 Å².